The Bertz CT molecular complexity index is 298. The number of thiophene rings is 1. The van der Waals surface area contributed by atoms with Crippen LogP contribution in [0.1, 0.15) is 62.8 Å². The van der Waals surface area contributed by atoms with Gasteiger partial charge in [0.25, 0.3) is 0 Å². The van der Waals surface area contributed by atoms with E-state index in [4.69, 9.17) is 0 Å². The Morgan fingerprint density at radius 3 is 2.47 bits per heavy atom. The molecule has 0 amide bonds. The number of nitrogens with one attached hydrogen (secondary N) is 1. The van der Waals surface area contributed by atoms with Gasteiger partial charge in [-0.05, 0) is 41.5 Å². The second kappa shape index (κ2) is 9.12. The van der Waals surface area contributed by atoms with E-state index in [9.17, 15) is 0 Å². The third-order valence-corrected chi connectivity index (χ3v) is 4.87. The molecule has 1 heterocycles. The highest BCUT2D eigenvalue weighted by Crippen LogP contribution is 2.29. The van der Waals surface area contributed by atoms with Crippen molar-refractivity contribution in [2.45, 2.75) is 57.9 Å². The van der Waals surface area contributed by atoms with Gasteiger partial charge in [0.2, 0.25) is 0 Å². The van der Waals surface area contributed by atoms with Crippen molar-refractivity contribution in [1.82, 2.24) is 5.32 Å². The predicted octanol–water partition coefficient (Wildman–Crippen LogP) is 5.52. The molecule has 0 bridgehead atoms. The third kappa shape index (κ3) is 6.03. The molecule has 0 aliphatic rings. The van der Waals surface area contributed by atoms with E-state index in [1.165, 1.54) is 53.6 Å². The minimum absolute atomic E-state index is 0.539. The number of hydrogen-bond acceptors (Lipinski definition) is 2. The number of unbranched alkanes of at least 4 members (excludes halogenated alkanes) is 5. The lowest BCUT2D eigenvalue weighted by molar-refractivity contribution is 0.503. The Labute approximate surface area is 118 Å². The smallest absolute Gasteiger partial charge is 0.0701 e. The molecule has 3 heteroatoms. The zero-order valence-corrected chi connectivity index (χ0v) is 13.4. The van der Waals surface area contributed by atoms with Crippen molar-refractivity contribution in [1.29, 1.82) is 0 Å². The van der Waals surface area contributed by atoms with Crippen molar-refractivity contribution >= 4 is 27.3 Å². The van der Waals surface area contributed by atoms with E-state index in [-0.39, 0.29) is 0 Å². The lowest BCUT2D eigenvalue weighted by Gasteiger charge is -2.14. The van der Waals surface area contributed by atoms with E-state index < -0.39 is 0 Å². The molecule has 1 atom stereocenters. The topological polar surface area (TPSA) is 12.0 Å². The van der Waals surface area contributed by atoms with Gasteiger partial charge in [0.05, 0.1) is 3.79 Å². The molecule has 1 aromatic heterocycles. The molecule has 98 valence electrons. The van der Waals surface area contributed by atoms with E-state index in [2.05, 4.69) is 47.4 Å². The van der Waals surface area contributed by atoms with Crippen molar-refractivity contribution in [3.63, 3.8) is 0 Å². The average Bonchev–Trinajstić information content (AvgIpc) is 2.75. The summed E-state index contributed by atoms with van der Waals surface area (Å²) in [4.78, 5) is 1.45. The van der Waals surface area contributed by atoms with Gasteiger partial charge in [-0.25, -0.2) is 0 Å². The van der Waals surface area contributed by atoms with Gasteiger partial charge in [-0.15, -0.1) is 11.3 Å². The second-order valence-corrected chi connectivity index (χ2v) is 7.03. The summed E-state index contributed by atoms with van der Waals surface area (Å²) < 4.78 is 1.23. The van der Waals surface area contributed by atoms with Crippen molar-refractivity contribution < 1.29 is 0 Å². The van der Waals surface area contributed by atoms with Crippen molar-refractivity contribution in [2.75, 3.05) is 7.05 Å². The highest BCUT2D eigenvalue weighted by Gasteiger charge is 2.10. The Hall–Kier alpha value is 0.140. The lowest BCUT2D eigenvalue weighted by atomic mass is 10.0. The van der Waals surface area contributed by atoms with Gasteiger partial charge in [0, 0.05) is 10.9 Å². The molecule has 1 unspecified atom stereocenters. The van der Waals surface area contributed by atoms with Gasteiger partial charge in [-0.3, -0.25) is 0 Å². The van der Waals surface area contributed by atoms with Crippen LogP contribution in [-0.2, 0) is 0 Å². The Morgan fingerprint density at radius 1 is 1.18 bits per heavy atom. The number of hydrogen-bond donors (Lipinski definition) is 1. The van der Waals surface area contributed by atoms with E-state index >= 15 is 0 Å². The van der Waals surface area contributed by atoms with Crippen LogP contribution in [0.4, 0.5) is 0 Å². The standard InChI is InChI=1S/C14H24BrNS/c1-3-4-5-6-7-8-9-12(16-2)13-10-11-14(15)17-13/h10-12,16H,3-9H2,1-2H3. The molecule has 1 N–H and O–H groups in total. The highest BCUT2D eigenvalue weighted by atomic mass is 79.9. The van der Waals surface area contributed by atoms with Crippen LogP contribution >= 0.6 is 27.3 Å². The van der Waals surface area contributed by atoms with Crippen LogP contribution in [0, 0.1) is 0 Å². The fourth-order valence-electron chi connectivity index (χ4n) is 2.07. The summed E-state index contributed by atoms with van der Waals surface area (Å²) in [7, 11) is 2.06. The Morgan fingerprint density at radius 2 is 1.88 bits per heavy atom. The SMILES string of the molecule is CCCCCCCCC(NC)c1ccc(Br)s1. The Balaban J connectivity index is 2.19. The molecule has 0 fully saturated rings. The zero-order valence-electron chi connectivity index (χ0n) is 11.0. The lowest BCUT2D eigenvalue weighted by Crippen LogP contribution is -2.14. The van der Waals surface area contributed by atoms with E-state index in [0.29, 0.717) is 6.04 Å². The Kier molecular flexibility index (Phi) is 8.15. The van der Waals surface area contributed by atoms with Crippen LogP contribution < -0.4 is 5.32 Å². The number of rotatable bonds is 9. The first-order chi connectivity index (χ1) is 8.27. The van der Waals surface area contributed by atoms with E-state index in [1.807, 2.05) is 11.3 Å². The fraction of sp³-hybridized carbons (Fsp3) is 0.714. The maximum absolute atomic E-state index is 3.53. The van der Waals surface area contributed by atoms with Crippen LogP contribution in [-0.4, -0.2) is 7.05 Å². The van der Waals surface area contributed by atoms with Crippen LogP contribution in [0.5, 0.6) is 0 Å². The summed E-state index contributed by atoms with van der Waals surface area (Å²) in [5, 5.41) is 3.42. The van der Waals surface area contributed by atoms with Crippen molar-refractivity contribution in [2.24, 2.45) is 0 Å². The second-order valence-electron chi connectivity index (χ2n) is 4.54. The summed E-state index contributed by atoms with van der Waals surface area (Å²) in [6, 6.07) is 4.91. The summed E-state index contributed by atoms with van der Waals surface area (Å²) in [5.74, 6) is 0. The van der Waals surface area contributed by atoms with Gasteiger partial charge in [0.15, 0.2) is 0 Å². The summed E-state index contributed by atoms with van der Waals surface area (Å²) >= 11 is 5.38. The first-order valence-corrected chi connectivity index (χ1v) is 8.31. The third-order valence-electron chi connectivity index (χ3n) is 3.13. The van der Waals surface area contributed by atoms with Gasteiger partial charge < -0.3 is 5.32 Å². The normalized spacial score (nSPS) is 12.9. The number of halogens is 1. The van der Waals surface area contributed by atoms with Crippen LogP contribution in [0.3, 0.4) is 0 Å². The van der Waals surface area contributed by atoms with E-state index in [1.54, 1.807) is 0 Å². The van der Waals surface area contributed by atoms with Gasteiger partial charge >= 0.3 is 0 Å². The molecule has 1 rings (SSSR count). The first kappa shape index (κ1) is 15.2. The van der Waals surface area contributed by atoms with Crippen LogP contribution in [0.15, 0.2) is 15.9 Å². The van der Waals surface area contributed by atoms with E-state index in [0.717, 1.165) is 0 Å². The molecule has 0 saturated carbocycles. The molecule has 0 radical (unpaired) electrons. The molecule has 1 aromatic rings. The largest absolute Gasteiger partial charge is 0.312 e. The van der Waals surface area contributed by atoms with Crippen molar-refractivity contribution in [3.05, 3.63) is 20.8 Å². The molecular formula is C14H24BrNS. The molecule has 0 spiro atoms. The van der Waals surface area contributed by atoms with Gasteiger partial charge in [0.1, 0.15) is 0 Å². The molecule has 0 saturated heterocycles. The maximum atomic E-state index is 3.53. The van der Waals surface area contributed by atoms with Crippen molar-refractivity contribution in [3.8, 4) is 0 Å². The average molecular weight is 318 g/mol. The molecule has 1 nitrogen and oxygen atoms in total. The summed E-state index contributed by atoms with van der Waals surface area (Å²) in [6.45, 7) is 2.27. The molecule has 0 aliphatic carbocycles. The molecule has 17 heavy (non-hydrogen) atoms. The maximum Gasteiger partial charge on any atom is 0.0701 e. The summed E-state index contributed by atoms with van der Waals surface area (Å²) in [5.41, 5.74) is 0. The minimum Gasteiger partial charge on any atom is -0.312 e. The minimum atomic E-state index is 0.539. The zero-order chi connectivity index (χ0) is 12.5. The highest BCUT2D eigenvalue weighted by molar-refractivity contribution is 9.11. The van der Waals surface area contributed by atoms with Gasteiger partial charge in [-0.1, -0.05) is 45.4 Å². The monoisotopic (exact) mass is 317 g/mol. The first-order valence-electron chi connectivity index (χ1n) is 6.70. The summed E-state index contributed by atoms with van der Waals surface area (Å²) in [6.07, 6.45) is 9.52. The van der Waals surface area contributed by atoms with Gasteiger partial charge in [-0.2, -0.15) is 0 Å². The van der Waals surface area contributed by atoms with Crippen LogP contribution in [0.2, 0.25) is 0 Å². The van der Waals surface area contributed by atoms with Crippen LogP contribution in [0.25, 0.3) is 0 Å². The predicted molar refractivity (Wildman–Crippen MR) is 81.8 cm³/mol. The quantitative estimate of drug-likeness (QED) is 0.591. The molecular weight excluding hydrogens is 294 g/mol. The molecule has 0 aliphatic heterocycles. The fourth-order valence-corrected chi connectivity index (χ4v) is 3.64. The molecule has 0 aromatic carbocycles.